The number of hydrogen-bond donors (Lipinski definition) is 0. The maximum Gasteiger partial charge on any atom is 0.221 e. The Morgan fingerprint density at radius 2 is 0.672 bits per heavy atom. The summed E-state index contributed by atoms with van der Waals surface area (Å²) in [6.07, 6.45) is 9.11. The van der Waals surface area contributed by atoms with Gasteiger partial charge in [0, 0.05) is 64.4 Å². The molecule has 0 spiro atoms. The van der Waals surface area contributed by atoms with Gasteiger partial charge in [-0.25, -0.2) is 9.97 Å². The van der Waals surface area contributed by atoms with E-state index in [0.717, 1.165) is 89.7 Å². The number of benzene rings is 3. The molecule has 9 heteroatoms. The van der Waals surface area contributed by atoms with Gasteiger partial charge in [0.2, 0.25) is 5.78 Å². The van der Waals surface area contributed by atoms with Crippen LogP contribution in [0.15, 0.2) is 189 Å². The molecule has 11 aromatic rings. The van der Waals surface area contributed by atoms with Gasteiger partial charge >= 0.3 is 0 Å². The first-order chi connectivity index (χ1) is 28.8. The van der Waals surface area contributed by atoms with E-state index in [4.69, 9.17) is 34.9 Å². The Morgan fingerprint density at radius 3 is 1.12 bits per heavy atom. The number of rotatable bonds is 7. The quantitative estimate of drug-likeness (QED) is 0.160. The Kier molecular flexibility index (Phi) is 7.92. The Balaban J connectivity index is 1.34. The second-order valence-electron chi connectivity index (χ2n) is 13.8. The number of fused-ring (bicyclic) bond motifs is 5. The zero-order valence-electron chi connectivity index (χ0n) is 30.9. The van der Waals surface area contributed by atoms with E-state index in [1.807, 2.05) is 146 Å². The Morgan fingerprint density at radius 1 is 0.293 bits per heavy atom. The average molecular weight is 746 g/mol. The SMILES string of the molecule is c1ccc(-c2c(-c3ccccn3)c(-c3ccccn3)c(-c3cccc(-n4c5ccccc5n5c6ccccc6nc45)n3)c(-c3ccccn3)c2-c2ccccn2)nc1. The Labute approximate surface area is 332 Å². The van der Waals surface area contributed by atoms with E-state index in [-0.39, 0.29) is 0 Å². The van der Waals surface area contributed by atoms with Crippen molar-refractivity contribution in [1.82, 2.24) is 43.9 Å². The zero-order chi connectivity index (χ0) is 38.4. The molecule has 0 bridgehead atoms. The number of hydrogen-bond acceptors (Lipinski definition) is 7. The van der Waals surface area contributed by atoms with Crippen LogP contribution in [0.25, 0.3) is 101 Å². The third kappa shape index (κ3) is 5.36. The molecule has 0 aliphatic carbocycles. The van der Waals surface area contributed by atoms with Gasteiger partial charge in [-0.2, -0.15) is 0 Å². The first-order valence-electron chi connectivity index (χ1n) is 19.0. The van der Waals surface area contributed by atoms with E-state index >= 15 is 0 Å². The molecule has 0 N–H and O–H groups in total. The van der Waals surface area contributed by atoms with Crippen molar-refractivity contribution in [2.45, 2.75) is 0 Å². The smallest absolute Gasteiger partial charge is 0.221 e. The zero-order valence-corrected chi connectivity index (χ0v) is 30.9. The summed E-state index contributed by atoms with van der Waals surface area (Å²) in [6.45, 7) is 0. The van der Waals surface area contributed by atoms with Gasteiger partial charge in [0.1, 0.15) is 5.82 Å². The summed E-state index contributed by atoms with van der Waals surface area (Å²) >= 11 is 0. The van der Waals surface area contributed by atoms with E-state index in [0.29, 0.717) is 11.5 Å². The fraction of sp³-hybridized carbons (Fsp3) is 0. The van der Waals surface area contributed by atoms with Gasteiger partial charge < -0.3 is 0 Å². The second kappa shape index (κ2) is 13.8. The van der Waals surface area contributed by atoms with Crippen molar-refractivity contribution in [2.75, 3.05) is 0 Å². The van der Waals surface area contributed by atoms with Crippen molar-refractivity contribution >= 4 is 27.8 Å². The summed E-state index contributed by atoms with van der Waals surface area (Å²) in [6, 6.07) is 52.6. The molecule has 9 nitrogen and oxygen atoms in total. The molecular weight excluding hydrogens is 715 g/mol. The van der Waals surface area contributed by atoms with Gasteiger partial charge in [-0.15, -0.1) is 0 Å². The molecular formula is C49H31N9. The monoisotopic (exact) mass is 745 g/mol. The lowest BCUT2D eigenvalue weighted by Gasteiger charge is -2.26. The summed E-state index contributed by atoms with van der Waals surface area (Å²) in [5, 5.41) is 0. The maximum atomic E-state index is 5.60. The Bertz CT molecular complexity index is 3150. The summed E-state index contributed by atoms with van der Waals surface area (Å²) in [4.78, 5) is 35.9. The van der Waals surface area contributed by atoms with Gasteiger partial charge in [0.05, 0.1) is 56.2 Å². The second-order valence-corrected chi connectivity index (χ2v) is 13.8. The number of para-hydroxylation sites is 4. The molecule has 0 unspecified atom stereocenters. The van der Waals surface area contributed by atoms with Gasteiger partial charge in [0.15, 0.2) is 0 Å². The van der Waals surface area contributed by atoms with Crippen molar-refractivity contribution < 1.29 is 0 Å². The van der Waals surface area contributed by atoms with Crippen molar-refractivity contribution in [1.29, 1.82) is 0 Å². The molecule has 0 atom stereocenters. The van der Waals surface area contributed by atoms with Crippen molar-refractivity contribution in [3.05, 3.63) is 189 Å². The fourth-order valence-corrected chi connectivity index (χ4v) is 8.10. The topological polar surface area (TPSA) is 99.6 Å². The van der Waals surface area contributed by atoms with E-state index < -0.39 is 0 Å². The number of imidazole rings is 2. The normalized spacial score (nSPS) is 11.4. The molecule has 3 aromatic carbocycles. The lowest BCUT2D eigenvalue weighted by atomic mass is 9.79. The minimum absolute atomic E-state index is 0.713. The van der Waals surface area contributed by atoms with E-state index in [2.05, 4.69) is 51.4 Å². The van der Waals surface area contributed by atoms with Crippen LogP contribution in [0.3, 0.4) is 0 Å². The summed E-state index contributed by atoms with van der Waals surface area (Å²) in [7, 11) is 0. The molecule has 58 heavy (non-hydrogen) atoms. The van der Waals surface area contributed by atoms with Gasteiger partial charge in [-0.1, -0.05) is 60.7 Å². The highest BCUT2D eigenvalue weighted by molar-refractivity contribution is 6.13. The number of aromatic nitrogens is 9. The first-order valence-corrected chi connectivity index (χ1v) is 19.0. The molecule has 8 aromatic heterocycles. The van der Waals surface area contributed by atoms with Crippen LogP contribution in [-0.4, -0.2) is 43.9 Å². The molecule has 8 heterocycles. The van der Waals surface area contributed by atoms with E-state index in [9.17, 15) is 0 Å². The summed E-state index contributed by atoms with van der Waals surface area (Å²) in [5.74, 6) is 1.49. The average Bonchev–Trinajstić information content (AvgIpc) is 3.84. The van der Waals surface area contributed by atoms with Crippen LogP contribution in [0.1, 0.15) is 0 Å². The number of pyridine rings is 6. The van der Waals surface area contributed by atoms with Crippen molar-refractivity contribution in [3.63, 3.8) is 0 Å². The molecule has 11 rings (SSSR count). The van der Waals surface area contributed by atoms with Crippen LogP contribution in [0, 0.1) is 0 Å². The minimum atomic E-state index is 0.713. The van der Waals surface area contributed by atoms with E-state index in [1.165, 1.54) is 0 Å². The summed E-state index contributed by atoms with van der Waals surface area (Å²) in [5.41, 5.74) is 13.6. The third-order valence-corrected chi connectivity index (χ3v) is 10.4. The summed E-state index contributed by atoms with van der Waals surface area (Å²) < 4.78 is 4.35. The van der Waals surface area contributed by atoms with Gasteiger partial charge in [-0.05, 0) is 97.1 Å². The molecule has 0 radical (unpaired) electrons. The van der Waals surface area contributed by atoms with Crippen molar-refractivity contribution in [3.8, 4) is 73.4 Å². The standard InChI is InChI=1S/C49H31N9/c1-2-23-39-32(16-1)56-49-57(39)40-24-3-4-25-41(40)58(49)42-26-15-22-38(55-42)48-46(36-20-8-13-30-53-36)44(34-18-6-11-28-51-34)43(33-17-5-10-27-50-33)45(35-19-7-12-29-52-35)47(48)37-21-9-14-31-54-37/h1-31H. The molecule has 0 saturated heterocycles. The van der Waals surface area contributed by atoms with Crippen LogP contribution >= 0.6 is 0 Å². The molecule has 0 saturated carbocycles. The van der Waals surface area contributed by atoms with Crippen LogP contribution < -0.4 is 0 Å². The molecule has 0 aliphatic rings. The third-order valence-electron chi connectivity index (χ3n) is 10.4. The fourth-order valence-electron chi connectivity index (χ4n) is 8.10. The molecule has 272 valence electrons. The van der Waals surface area contributed by atoms with Gasteiger partial charge in [-0.3, -0.25) is 33.9 Å². The maximum absolute atomic E-state index is 5.60. The predicted molar refractivity (Wildman–Crippen MR) is 229 cm³/mol. The van der Waals surface area contributed by atoms with E-state index in [1.54, 1.807) is 0 Å². The molecule has 0 fully saturated rings. The largest absolute Gasteiger partial charge is 0.276 e. The van der Waals surface area contributed by atoms with Crippen molar-refractivity contribution in [2.24, 2.45) is 0 Å². The lowest BCUT2D eigenvalue weighted by molar-refractivity contribution is 1.04. The molecule has 0 amide bonds. The Hall–Kier alpha value is -8.17. The molecule has 0 aliphatic heterocycles. The van der Waals surface area contributed by atoms with Crippen LogP contribution in [0.5, 0.6) is 0 Å². The van der Waals surface area contributed by atoms with Crippen LogP contribution in [-0.2, 0) is 0 Å². The highest BCUT2D eigenvalue weighted by Gasteiger charge is 2.32. The minimum Gasteiger partial charge on any atom is -0.276 e. The highest BCUT2D eigenvalue weighted by Crippen LogP contribution is 2.54. The van der Waals surface area contributed by atoms with Crippen LogP contribution in [0.2, 0.25) is 0 Å². The highest BCUT2D eigenvalue weighted by atomic mass is 15.2. The first kappa shape index (κ1) is 33.2. The number of nitrogens with zero attached hydrogens (tertiary/aromatic N) is 9. The predicted octanol–water partition coefficient (Wildman–Crippen LogP) is 10.8. The van der Waals surface area contributed by atoms with Crippen LogP contribution in [0.4, 0.5) is 0 Å². The lowest BCUT2D eigenvalue weighted by Crippen LogP contribution is -2.06. The van der Waals surface area contributed by atoms with Gasteiger partial charge in [0.25, 0.3) is 0 Å².